The maximum absolute atomic E-state index is 4.73. The van der Waals surface area contributed by atoms with E-state index in [1.807, 2.05) is 33.0 Å². The van der Waals surface area contributed by atoms with Crippen LogP contribution in [-0.4, -0.2) is 24.1 Å². The highest BCUT2D eigenvalue weighted by atomic mass is 15.1. The van der Waals surface area contributed by atoms with Crippen LogP contribution in [0.1, 0.15) is 25.1 Å². The van der Waals surface area contributed by atoms with E-state index in [2.05, 4.69) is 61.2 Å². The first-order chi connectivity index (χ1) is 11.1. The molecule has 0 aliphatic carbocycles. The van der Waals surface area contributed by atoms with Crippen molar-refractivity contribution in [3.8, 4) is 11.3 Å². The van der Waals surface area contributed by atoms with Crippen LogP contribution in [0.25, 0.3) is 22.2 Å². The van der Waals surface area contributed by atoms with E-state index in [1.165, 1.54) is 11.3 Å². The third-order valence-electron chi connectivity index (χ3n) is 3.76. The first-order valence-electron chi connectivity index (χ1n) is 8.07. The number of pyridine rings is 2. The van der Waals surface area contributed by atoms with E-state index in [0.717, 1.165) is 27.9 Å². The van der Waals surface area contributed by atoms with Crippen LogP contribution < -0.4 is 4.90 Å². The van der Waals surface area contributed by atoms with Gasteiger partial charge in [-0.1, -0.05) is 19.9 Å². The van der Waals surface area contributed by atoms with E-state index >= 15 is 0 Å². The van der Waals surface area contributed by atoms with Crippen LogP contribution in [0.5, 0.6) is 0 Å². The van der Waals surface area contributed by atoms with Gasteiger partial charge in [-0.2, -0.15) is 0 Å². The lowest BCUT2D eigenvalue weighted by Gasteiger charge is -2.16. The summed E-state index contributed by atoms with van der Waals surface area (Å²) in [5.74, 6) is 0. The predicted octanol–water partition coefficient (Wildman–Crippen LogP) is 5.01. The largest absolute Gasteiger partial charge is 0.377 e. The summed E-state index contributed by atoms with van der Waals surface area (Å²) < 4.78 is 0. The summed E-state index contributed by atoms with van der Waals surface area (Å²) in [7, 11) is 4.12. The Bertz CT molecular complexity index is 807. The SMILES string of the molecule is CC.Cc1cc(-c2cc3ncccc3c(C)n2)ccc1N(C)C. The number of nitrogens with zero attached hydrogens (tertiary/aromatic N) is 3. The number of fused-ring (bicyclic) bond motifs is 1. The summed E-state index contributed by atoms with van der Waals surface area (Å²) in [5, 5.41) is 1.11. The number of aryl methyl sites for hydroxylation is 2. The molecule has 2 heterocycles. The van der Waals surface area contributed by atoms with Crippen LogP contribution in [0.4, 0.5) is 5.69 Å². The Labute approximate surface area is 139 Å². The molecule has 0 atom stereocenters. The molecule has 3 aromatic rings. The maximum Gasteiger partial charge on any atom is 0.0741 e. The van der Waals surface area contributed by atoms with Gasteiger partial charge in [0.15, 0.2) is 0 Å². The fraction of sp³-hybridized carbons (Fsp3) is 0.300. The third kappa shape index (κ3) is 3.50. The molecule has 2 aromatic heterocycles. The van der Waals surface area contributed by atoms with Gasteiger partial charge in [0, 0.05) is 42.6 Å². The minimum atomic E-state index is 0.979. The number of rotatable bonds is 2. The van der Waals surface area contributed by atoms with Crippen LogP contribution in [0, 0.1) is 13.8 Å². The first kappa shape index (κ1) is 16.9. The number of benzene rings is 1. The molecule has 0 bridgehead atoms. The Morgan fingerprint density at radius 1 is 0.957 bits per heavy atom. The lowest BCUT2D eigenvalue weighted by atomic mass is 10.0. The normalized spacial score (nSPS) is 10.2. The summed E-state index contributed by atoms with van der Waals surface area (Å²) in [6.07, 6.45) is 1.83. The molecule has 0 aliphatic heterocycles. The van der Waals surface area contributed by atoms with Crippen LogP contribution >= 0.6 is 0 Å². The smallest absolute Gasteiger partial charge is 0.0741 e. The van der Waals surface area contributed by atoms with Gasteiger partial charge in [0.05, 0.1) is 11.2 Å². The molecule has 23 heavy (non-hydrogen) atoms. The van der Waals surface area contributed by atoms with Gasteiger partial charge in [-0.25, -0.2) is 0 Å². The molecule has 0 saturated heterocycles. The molecular weight excluding hydrogens is 282 g/mol. The Hall–Kier alpha value is -2.42. The van der Waals surface area contributed by atoms with Gasteiger partial charge in [0.1, 0.15) is 0 Å². The van der Waals surface area contributed by atoms with Crippen LogP contribution in [0.2, 0.25) is 0 Å². The van der Waals surface area contributed by atoms with Crippen molar-refractivity contribution < 1.29 is 0 Å². The quantitative estimate of drug-likeness (QED) is 0.666. The van der Waals surface area contributed by atoms with Crippen LogP contribution in [0.3, 0.4) is 0 Å². The molecule has 3 heteroatoms. The summed E-state index contributed by atoms with van der Waals surface area (Å²) in [6, 6.07) is 12.5. The predicted molar refractivity (Wildman–Crippen MR) is 100 cm³/mol. The molecule has 0 N–H and O–H groups in total. The zero-order valence-corrected chi connectivity index (χ0v) is 14.9. The van der Waals surface area contributed by atoms with Crippen LogP contribution in [0.15, 0.2) is 42.6 Å². The Kier molecular flexibility index (Phi) is 5.32. The van der Waals surface area contributed by atoms with Gasteiger partial charge in [0.25, 0.3) is 0 Å². The van der Waals surface area contributed by atoms with E-state index in [1.54, 1.807) is 0 Å². The Morgan fingerprint density at radius 3 is 2.35 bits per heavy atom. The highest BCUT2D eigenvalue weighted by Crippen LogP contribution is 2.27. The van der Waals surface area contributed by atoms with Crippen molar-refractivity contribution in [1.29, 1.82) is 0 Å². The highest BCUT2D eigenvalue weighted by molar-refractivity contribution is 5.84. The highest BCUT2D eigenvalue weighted by Gasteiger charge is 2.08. The second-order valence-electron chi connectivity index (χ2n) is 5.56. The first-order valence-corrected chi connectivity index (χ1v) is 8.07. The zero-order valence-electron chi connectivity index (χ0n) is 14.9. The lowest BCUT2D eigenvalue weighted by molar-refractivity contribution is 1.11. The van der Waals surface area contributed by atoms with Crippen molar-refractivity contribution >= 4 is 16.6 Å². The fourth-order valence-electron chi connectivity index (χ4n) is 2.71. The van der Waals surface area contributed by atoms with Gasteiger partial charge in [-0.15, -0.1) is 0 Å². The molecule has 0 radical (unpaired) electrons. The van der Waals surface area contributed by atoms with Crippen LogP contribution in [-0.2, 0) is 0 Å². The molecular formula is C20H25N3. The fourth-order valence-corrected chi connectivity index (χ4v) is 2.71. The molecule has 0 amide bonds. The molecule has 0 spiro atoms. The summed E-state index contributed by atoms with van der Waals surface area (Å²) in [6.45, 7) is 8.17. The van der Waals surface area contributed by atoms with Crippen molar-refractivity contribution in [3.63, 3.8) is 0 Å². The van der Waals surface area contributed by atoms with E-state index in [-0.39, 0.29) is 0 Å². The number of hydrogen-bond acceptors (Lipinski definition) is 3. The van der Waals surface area contributed by atoms with E-state index in [4.69, 9.17) is 4.98 Å². The minimum absolute atomic E-state index is 0.979. The average molecular weight is 307 g/mol. The van der Waals surface area contributed by atoms with Gasteiger partial charge in [-0.3, -0.25) is 9.97 Å². The standard InChI is InChI=1S/C18H19N3.C2H6/c1-12-10-14(7-8-18(12)21(3)4)16-11-17-15(13(2)20-16)6-5-9-19-17;1-2/h5-11H,1-4H3;1-2H3. The van der Waals surface area contributed by atoms with Crippen molar-refractivity contribution in [3.05, 3.63) is 53.9 Å². The van der Waals surface area contributed by atoms with Crippen molar-refractivity contribution in [2.45, 2.75) is 27.7 Å². The van der Waals surface area contributed by atoms with Crippen molar-refractivity contribution in [2.24, 2.45) is 0 Å². The van der Waals surface area contributed by atoms with Gasteiger partial charge in [-0.05, 0) is 49.7 Å². The zero-order chi connectivity index (χ0) is 17.0. The molecule has 1 aromatic carbocycles. The second-order valence-corrected chi connectivity index (χ2v) is 5.56. The molecule has 3 nitrogen and oxygen atoms in total. The molecule has 0 saturated carbocycles. The molecule has 0 fully saturated rings. The summed E-state index contributed by atoms with van der Waals surface area (Å²) in [5.41, 5.74) is 6.60. The molecule has 0 unspecified atom stereocenters. The van der Waals surface area contributed by atoms with Gasteiger partial charge >= 0.3 is 0 Å². The maximum atomic E-state index is 4.73. The molecule has 0 aliphatic rings. The van der Waals surface area contributed by atoms with Crippen molar-refractivity contribution in [1.82, 2.24) is 9.97 Å². The van der Waals surface area contributed by atoms with E-state index in [9.17, 15) is 0 Å². The summed E-state index contributed by atoms with van der Waals surface area (Å²) in [4.78, 5) is 11.3. The van der Waals surface area contributed by atoms with Crippen molar-refractivity contribution in [2.75, 3.05) is 19.0 Å². The van der Waals surface area contributed by atoms with Gasteiger partial charge < -0.3 is 4.90 Å². The Morgan fingerprint density at radius 2 is 1.70 bits per heavy atom. The minimum Gasteiger partial charge on any atom is -0.377 e. The van der Waals surface area contributed by atoms with Gasteiger partial charge in [0.2, 0.25) is 0 Å². The summed E-state index contributed by atoms with van der Waals surface area (Å²) >= 11 is 0. The average Bonchev–Trinajstić information content (AvgIpc) is 2.56. The second kappa shape index (κ2) is 7.23. The van der Waals surface area contributed by atoms with E-state index < -0.39 is 0 Å². The van der Waals surface area contributed by atoms with E-state index in [0.29, 0.717) is 0 Å². The Balaban J connectivity index is 0.000000924. The molecule has 3 rings (SSSR count). The lowest BCUT2D eigenvalue weighted by Crippen LogP contribution is -2.10. The number of hydrogen-bond donors (Lipinski definition) is 0. The third-order valence-corrected chi connectivity index (χ3v) is 3.76. The topological polar surface area (TPSA) is 29.0 Å². The number of aromatic nitrogens is 2. The monoisotopic (exact) mass is 307 g/mol. The molecule has 120 valence electrons. The number of anilines is 1.